The van der Waals surface area contributed by atoms with E-state index in [1.807, 2.05) is 55.5 Å². The van der Waals surface area contributed by atoms with E-state index >= 15 is 0 Å². The fourth-order valence-electron chi connectivity index (χ4n) is 3.82. The highest BCUT2D eigenvalue weighted by molar-refractivity contribution is 7.22. The number of aliphatic hydroxyl groups excluding tert-OH is 1. The van der Waals surface area contributed by atoms with E-state index in [0.717, 1.165) is 15.8 Å². The summed E-state index contributed by atoms with van der Waals surface area (Å²) in [5.74, 6) is -1.71. The lowest BCUT2D eigenvalue weighted by Gasteiger charge is -2.23. The number of thiazole rings is 1. The molecular weight excluding hydrogens is 444 g/mol. The number of aliphatic hydroxyl groups is 1. The summed E-state index contributed by atoms with van der Waals surface area (Å²) in [6.45, 7) is 1.96. The molecule has 1 aliphatic rings. The Morgan fingerprint density at radius 3 is 2.38 bits per heavy atom. The first kappa shape index (κ1) is 20.4. The summed E-state index contributed by atoms with van der Waals surface area (Å²) in [7, 11) is 0. The van der Waals surface area contributed by atoms with Gasteiger partial charge in [0.1, 0.15) is 5.76 Å². The number of anilines is 1. The molecule has 0 unspecified atom stereocenters. The van der Waals surface area contributed by atoms with Crippen LogP contribution in [0.5, 0.6) is 0 Å². The van der Waals surface area contributed by atoms with Gasteiger partial charge in [-0.05, 0) is 48.9 Å². The molecule has 5 nitrogen and oxygen atoms in total. The van der Waals surface area contributed by atoms with Crippen molar-refractivity contribution in [1.29, 1.82) is 0 Å². The van der Waals surface area contributed by atoms with E-state index in [-0.39, 0.29) is 11.3 Å². The van der Waals surface area contributed by atoms with Crippen LogP contribution in [0.15, 0.2) is 78.4 Å². The first-order valence-electron chi connectivity index (χ1n) is 9.93. The van der Waals surface area contributed by atoms with Crippen LogP contribution < -0.4 is 4.90 Å². The van der Waals surface area contributed by atoms with Crippen LogP contribution in [-0.2, 0) is 9.59 Å². The Labute approximate surface area is 193 Å². The molecule has 1 aliphatic heterocycles. The molecule has 1 amide bonds. The average molecular weight is 461 g/mol. The summed E-state index contributed by atoms with van der Waals surface area (Å²) in [6.07, 6.45) is 0. The van der Waals surface area contributed by atoms with E-state index in [4.69, 9.17) is 11.6 Å². The third-order valence-electron chi connectivity index (χ3n) is 5.44. The lowest BCUT2D eigenvalue weighted by Crippen LogP contribution is -2.29. The molecule has 4 aromatic rings. The zero-order chi connectivity index (χ0) is 22.4. The molecule has 32 heavy (non-hydrogen) atoms. The molecule has 1 fully saturated rings. The smallest absolute Gasteiger partial charge is 0.301 e. The van der Waals surface area contributed by atoms with Gasteiger partial charge in [0, 0.05) is 10.6 Å². The highest BCUT2D eigenvalue weighted by Crippen LogP contribution is 2.44. The fraction of sp³-hybridized carbons (Fsp3) is 0.0800. The van der Waals surface area contributed by atoms with Crippen molar-refractivity contribution in [3.63, 3.8) is 0 Å². The minimum absolute atomic E-state index is 0.0282. The summed E-state index contributed by atoms with van der Waals surface area (Å²) in [5.41, 5.74) is 2.94. The number of fused-ring (bicyclic) bond motifs is 1. The largest absolute Gasteiger partial charge is 0.507 e. The predicted octanol–water partition coefficient (Wildman–Crippen LogP) is 5.88. The Bertz CT molecular complexity index is 1360. The van der Waals surface area contributed by atoms with E-state index < -0.39 is 17.7 Å². The molecule has 0 saturated carbocycles. The van der Waals surface area contributed by atoms with Crippen molar-refractivity contribution in [3.05, 3.63) is 100 Å². The number of halogens is 1. The molecule has 7 heteroatoms. The molecule has 1 N–H and O–H groups in total. The van der Waals surface area contributed by atoms with Crippen molar-refractivity contribution < 1.29 is 14.7 Å². The van der Waals surface area contributed by atoms with Crippen molar-refractivity contribution in [2.45, 2.75) is 13.0 Å². The average Bonchev–Trinajstić information content (AvgIpc) is 3.33. The second-order valence-electron chi connectivity index (χ2n) is 7.55. The van der Waals surface area contributed by atoms with Crippen LogP contribution >= 0.6 is 22.9 Å². The van der Waals surface area contributed by atoms with Crippen LogP contribution in [0.2, 0.25) is 5.02 Å². The zero-order valence-electron chi connectivity index (χ0n) is 16.9. The maximum absolute atomic E-state index is 13.2. The predicted molar refractivity (Wildman–Crippen MR) is 127 cm³/mol. The number of ketones is 1. The Morgan fingerprint density at radius 2 is 1.69 bits per heavy atom. The maximum atomic E-state index is 13.2. The first-order chi connectivity index (χ1) is 15.4. The second-order valence-corrected chi connectivity index (χ2v) is 9.00. The van der Waals surface area contributed by atoms with E-state index in [1.54, 1.807) is 24.3 Å². The highest BCUT2D eigenvalue weighted by atomic mass is 35.5. The summed E-state index contributed by atoms with van der Waals surface area (Å²) in [6, 6.07) is 20.8. The Kier molecular flexibility index (Phi) is 5.04. The van der Waals surface area contributed by atoms with Crippen LogP contribution in [0.4, 0.5) is 5.13 Å². The van der Waals surface area contributed by atoms with Gasteiger partial charge in [0.2, 0.25) is 0 Å². The van der Waals surface area contributed by atoms with Gasteiger partial charge in [-0.25, -0.2) is 4.98 Å². The summed E-state index contributed by atoms with van der Waals surface area (Å²) < 4.78 is 0.907. The van der Waals surface area contributed by atoms with Gasteiger partial charge >= 0.3 is 5.91 Å². The Balaban J connectivity index is 1.73. The normalized spacial score (nSPS) is 17.9. The number of Topliss-reactive ketones (excluding diaryl/α,β-unsaturated/α-hetero) is 1. The van der Waals surface area contributed by atoms with Crippen molar-refractivity contribution in [2.75, 3.05) is 4.90 Å². The number of carbonyl (C=O) groups excluding carboxylic acids is 2. The lowest BCUT2D eigenvalue weighted by molar-refractivity contribution is -0.132. The topological polar surface area (TPSA) is 70.5 Å². The Morgan fingerprint density at radius 1 is 1.00 bits per heavy atom. The number of hydrogen-bond donors (Lipinski definition) is 1. The summed E-state index contributed by atoms with van der Waals surface area (Å²) in [4.78, 5) is 32.4. The molecule has 158 valence electrons. The molecule has 0 spiro atoms. The van der Waals surface area contributed by atoms with Gasteiger partial charge in [-0.15, -0.1) is 0 Å². The van der Waals surface area contributed by atoms with Gasteiger partial charge in [0.05, 0.1) is 21.8 Å². The van der Waals surface area contributed by atoms with Crippen LogP contribution in [-0.4, -0.2) is 21.8 Å². The third-order valence-corrected chi connectivity index (χ3v) is 6.73. The number of carbonyl (C=O) groups is 2. The van der Waals surface area contributed by atoms with Gasteiger partial charge in [0.15, 0.2) is 5.13 Å². The number of aryl methyl sites for hydroxylation is 1. The minimum Gasteiger partial charge on any atom is -0.507 e. The van der Waals surface area contributed by atoms with E-state index in [1.165, 1.54) is 16.2 Å². The number of nitrogens with zero attached hydrogens (tertiary/aromatic N) is 2. The molecule has 3 aromatic carbocycles. The Hall–Kier alpha value is -3.48. The number of para-hydroxylation sites is 1. The molecule has 0 radical (unpaired) electrons. The van der Waals surface area contributed by atoms with Gasteiger partial charge in [-0.2, -0.15) is 0 Å². The van der Waals surface area contributed by atoms with Crippen LogP contribution in [0.3, 0.4) is 0 Å². The van der Waals surface area contributed by atoms with Gasteiger partial charge in [-0.1, -0.05) is 64.9 Å². The molecule has 2 heterocycles. The highest BCUT2D eigenvalue weighted by Gasteiger charge is 2.48. The number of aromatic nitrogens is 1. The SMILES string of the molecule is Cc1ccc([C@@H]2C(=C(O)c3ccc(Cl)cc3)C(=O)C(=O)N2c2nc3ccccc3s2)cc1. The van der Waals surface area contributed by atoms with Crippen molar-refractivity contribution in [2.24, 2.45) is 0 Å². The number of hydrogen-bond acceptors (Lipinski definition) is 5. The number of amides is 1. The number of benzene rings is 3. The maximum Gasteiger partial charge on any atom is 0.301 e. The molecule has 5 rings (SSSR count). The van der Waals surface area contributed by atoms with E-state index in [0.29, 0.717) is 21.3 Å². The standard InChI is InChI=1S/C25H17ClN2O3S/c1-14-6-8-15(9-7-14)21-20(22(29)16-10-12-17(26)13-11-16)23(30)24(31)28(21)25-27-18-4-2-3-5-19(18)32-25/h2-13,21,29H,1H3/t21-/m1/s1. The van der Waals surface area contributed by atoms with Crippen LogP contribution in [0.1, 0.15) is 22.7 Å². The van der Waals surface area contributed by atoms with Gasteiger partial charge in [0.25, 0.3) is 5.78 Å². The lowest BCUT2D eigenvalue weighted by atomic mass is 9.95. The van der Waals surface area contributed by atoms with Crippen molar-refractivity contribution in [1.82, 2.24) is 4.98 Å². The molecule has 1 aromatic heterocycles. The quantitative estimate of drug-likeness (QED) is 0.235. The first-order valence-corrected chi connectivity index (χ1v) is 11.1. The monoisotopic (exact) mass is 460 g/mol. The van der Waals surface area contributed by atoms with Crippen LogP contribution in [0.25, 0.3) is 16.0 Å². The molecule has 0 bridgehead atoms. The van der Waals surface area contributed by atoms with Crippen molar-refractivity contribution >= 4 is 55.7 Å². The second kappa shape index (κ2) is 7.89. The molecule has 0 aliphatic carbocycles. The van der Waals surface area contributed by atoms with Crippen LogP contribution in [0, 0.1) is 6.92 Å². The molecule has 1 atom stereocenters. The zero-order valence-corrected chi connectivity index (χ0v) is 18.5. The molecule has 1 saturated heterocycles. The van der Waals surface area contributed by atoms with E-state index in [9.17, 15) is 14.7 Å². The number of rotatable bonds is 3. The fourth-order valence-corrected chi connectivity index (χ4v) is 4.94. The van der Waals surface area contributed by atoms with E-state index in [2.05, 4.69) is 4.98 Å². The van der Waals surface area contributed by atoms with Crippen molar-refractivity contribution in [3.8, 4) is 0 Å². The molecular formula is C25H17ClN2O3S. The third kappa shape index (κ3) is 3.38. The summed E-state index contributed by atoms with van der Waals surface area (Å²) in [5, 5.41) is 12.0. The van der Waals surface area contributed by atoms with Gasteiger partial charge < -0.3 is 5.11 Å². The minimum atomic E-state index is -0.799. The summed E-state index contributed by atoms with van der Waals surface area (Å²) >= 11 is 7.31. The van der Waals surface area contributed by atoms with Gasteiger partial charge in [-0.3, -0.25) is 14.5 Å².